The molecule has 1 aromatic heterocycles. The lowest BCUT2D eigenvalue weighted by molar-refractivity contribution is -0.120. The normalized spacial score (nSPS) is 10.8. The first-order valence-electron chi connectivity index (χ1n) is 8.73. The Morgan fingerprint density at radius 3 is 2.52 bits per heavy atom. The maximum Gasteiger partial charge on any atom is 0.224 e. The average Bonchev–Trinajstić information content (AvgIpc) is 3.14. The number of rotatable bonds is 9. The molecule has 148 valence electrons. The Morgan fingerprint density at radius 1 is 1.11 bits per heavy atom. The van der Waals surface area contributed by atoms with Crippen LogP contribution >= 0.6 is 24.0 Å². The van der Waals surface area contributed by atoms with Crippen LogP contribution in [0.3, 0.4) is 0 Å². The molecule has 0 radical (unpaired) electrons. The standard InChI is InChI=1S/C19H25FN4O2.HI/c1-2-21-19(23-10-9-17-4-3-13-26-17)24-12-11-22-18(25)14-15-5-7-16(20)8-6-15;/h3-8,13H,2,9-12,14H2,1H3,(H,22,25)(H2,21,23,24);1H. The van der Waals surface area contributed by atoms with Crippen molar-refractivity contribution in [3.63, 3.8) is 0 Å². The van der Waals surface area contributed by atoms with Crippen LogP contribution in [0.25, 0.3) is 0 Å². The van der Waals surface area contributed by atoms with Crippen molar-refractivity contribution in [1.82, 2.24) is 16.0 Å². The van der Waals surface area contributed by atoms with Crippen molar-refractivity contribution in [2.24, 2.45) is 4.99 Å². The molecule has 8 heteroatoms. The number of amides is 1. The van der Waals surface area contributed by atoms with Crippen molar-refractivity contribution in [2.45, 2.75) is 19.8 Å². The van der Waals surface area contributed by atoms with Gasteiger partial charge in [-0.25, -0.2) is 4.39 Å². The van der Waals surface area contributed by atoms with Gasteiger partial charge in [0.15, 0.2) is 5.96 Å². The number of carbonyl (C=O) groups is 1. The number of nitrogens with zero attached hydrogens (tertiary/aromatic N) is 1. The summed E-state index contributed by atoms with van der Waals surface area (Å²) in [6, 6.07) is 9.71. The summed E-state index contributed by atoms with van der Waals surface area (Å²) in [5.41, 5.74) is 0.782. The lowest BCUT2D eigenvalue weighted by Crippen LogP contribution is -2.41. The minimum Gasteiger partial charge on any atom is -0.469 e. The Kier molecular flexibility index (Phi) is 11.2. The van der Waals surface area contributed by atoms with Gasteiger partial charge in [0.1, 0.15) is 11.6 Å². The predicted molar refractivity (Wildman–Crippen MR) is 115 cm³/mol. The van der Waals surface area contributed by atoms with E-state index in [1.54, 1.807) is 18.4 Å². The average molecular weight is 488 g/mol. The van der Waals surface area contributed by atoms with Crippen molar-refractivity contribution < 1.29 is 13.6 Å². The van der Waals surface area contributed by atoms with Gasteiger partial charge >= 0.3 is 0 Å². The molecule has 0 saturated heterocycles. The smallest absolute Gasteiger partial charge is 0.224 e. The number of hydrogen-bond donors (Lipinski definition) is 3. The molecule has 0 spiro atoms. The molecule has 2 rings (SSSR count). The molecule has 1 aromatic carbocycles. The first-order valence-corrected chi connectivity index (χ1v) is 8.73. The Labute approximate surface area is 176 Å². The van der Waals surface area contributed by atoms with Gasteiger partial charge in [-0.1, -0.05) is 12.1 Å². The van der Waals surface area contributed by atoms with Gasteiger partial charge in [0.2, 0.25) is 5.91 Å². The molecule has 0 aliphatic heterocycles. The SMILES string of the molecule is CCNC(=NCCc1ccco1)NCCNC(=O)Cc1ccc(F)cc1.I. The third kappa shape index (κ3) is 9.41. The Bertz CT molecular complexity index is 690. The number of halogens is 2. The summed E-state index contributed by atoms with van der Waals surface area (Å²) in [6.07, 6.45) is 2.62. The number of benzene rings is 1. The summed E-state index contributed by atoms with van der Waals surface area (Å²) < 4.78 is 18.1. The molecule has 3 N–H and O–H groups in total. The van der Waals surface area contributed by atoms with E-state index >= 15 is 0 Å². The van der Waals surface area contributed by atoms with E-state index in [0.29, 0.717) is 25.6 Å². The fourth-order valence-corrected chi connectivity index (χ4v) is 2.31. The second kappa shape index (κ2) is 13.1. The van der Waals surface area contributed by atoms with Gasteiger partial charge in [-0.2, -0.15) is 0 Å². The molecule has 0 unspecified atom stereocenters. The van der Waals surface area contributed by atoms with Crippen molar-refractivity contribution in [3.8, 4) is 0 Å². The minimum absolute atomic E-state index is 0. The monoisotopic (exact) mass is 488 g/mol. The summed E-state index contributed by atoms with van der Waals surface area (Å²) in [6.45, 7) is 4.39. The summed E-state index contributed by atoms with van der Waals surface area (Å²) in [5.74, 6) is 1.20. The Hall–Kier alpha value is -2.10. The zero-order valence-corrected chi connectivity index (χ0v) is 17.7. The highest BCUT2D eigenvalue weighted by molar-refractivity contribution is 14.0. The van der Waals surface area contributed by atoms with E-state index in [1.807, 2.05) is 19.1 Å². The van der Waals surface area contributed by atoms with Crippen molar-refractivity contribution in [2.75, 3.05) is 26.2 Å². The first-order chi connectivity index (χ1) is 12.7. The van der Waals surface area contributed by atoms with Crippen LogP contribution in [0.15, 0.2) is 52.1 Å². The summed E-state index contributed by atoms with van der Waals surface area (Å²) in [5, 5.41) is 9.16. The zero-order chi connectivity index (χ0) is 18.6. The summed E-state index contributed by atoms with van der Waals surface area (Å²) in [7, 11) is 0. The lowest BCUT2D eigenvalue weighted by atomic mass is 10.1. The third-order valence-corrected chi connectivity index (χ3v) is 3.57. The maximum absolute atomic E-state index is 12.8. The Balaban J connectivity index is 0.00000364. The highest BCUT2D eigenvalue weighted by Gasteiger charge is 2.03. The lowest BCUT2D eigenvalue weighted by Gasteiger charge is -2.11. The fourth-order valence-electron chi connectivity index (χ4n) is 2.31. The van der Waals surface area contributed by atoms with E-state index in [2.05, 4.69) is 20.9 Å². The van der Waals surface area contributed by atoms with Crippen LogP contribution in [0.1, 0.15) is 18.2 Å². The number of nitrogens with one attached hydrogen (secondary N) is 3. The van der Waals surface area contributed by atoms with E-state index < -0.39 is 0 Å². The zero-order valence-electron chi connectivity index (χ0n) is 15.3. The molecule has 0 aliphatic carbocycles. The Morgan fingerprint density at radius 2 is 1.85 bits per heavy atom. The van der Waals surface area contributed by atoms with Gasteiger partial charge in [0.05, 0.1) is 12.7 Å². The molecule has 0 saturated carbocycles. The molecule has 2 aromatic rings. The first kappa shape index (κ1) is 22.9. The van der Waals surface area contributed by atoms with Crippen LogP contribution in [0.2, 0.25) is 0 Å². The van der Waals surface area contributed by atoms with E-state index in [1.165, 1.54) is 12.1 Å². The van der Waals surface area contributed by atoms with Crippen LogP contribution < -0.4 is 16.0 Å². The number of hydrogen-bond acceptors (Lipinski definition) is 3. The molecule has 0 fully saturated rings. The van der Waals surface area contributed by atoms with E-state index in [4.69, 9.17) is 4.42 Å². The van der Waals surface area contributed by atoms with E-state index in [0.717, 1.165) is 24.3 Å². The molecular weight excluding hydrogens is 462 g/mol. The molecule has 1 amide bonds. The summed E-state index contributed by atoms with van der Waals surface area (Å²) >= 11 is 0. The minimum atomic E-state index is -0.305. The second-order valence-corrected chi connectivity index (χ2v) is 5.67. The molecule has 0 aliphatic rings. The number of guanidine groups is 1. The van der Waals surface area contributed by atoms with Crippen LogP contribution in [0.5, 0.6) is 0 Å². The molecule has 6 nitrogen and oxygen atoms in total. The van der Waals surface area contributed by atoms with E-state index in [9.17, 15) is 9.18 Å². The molecule has 27 heavy (non-hydrogen) atoms. The highest BCUT2D eigenvalue weighted by Crippen LogP contribution is 2.03. The topological polar surface area (TPSA) is 78.7 Å². The van der Waals surface area contributed by atoms with Gasteiger partial charge in [0.25, 0.3) is 0 Å². The van der Waals surface area contributed by atoms with Gasteiger partial charge in [0, 0.05) is 32.6 Å². The van der Waals surface area contributed by atoms with Gasteiger partial charge in [-0.05, 0) is 36.8 Å². The van der Waals surface area contributed by atoms with Crippen LogP contribution in [0, 0.1) is 5.82 Å². The summed E-state index contributed by atoms with van der Waals surface area (Å²) in [4.78, 5) is 16.3. The number of furan rings is 1. The number of aliphatic imine (C=N–C) groups is 1. The predicted octanol–water partition coefficient (Wildman–Crippen LogP) is 2.49. The molecule has 1 heterocycles. The third-order valence-electron chi connectivity index (χ3n) is 3.57. The van der Waals surface area contributed by atoms with Crippen LogP contribution in [-0.4, -0.2) is 38.0 Å². The molecule has 0 bridgehead atoms. The second-order valence-electron chi connectivity index (χ2n) is 5.67. The molecular formula is C19H26FIN4O2. The highest BCUT2D eigenvalue weighted by atomic mass is 127. The fraction of sp³-hybridized carbons (Fsp3) is 0.368. The van der Waals surface area contributed by atoms with Crippen molar-refractivity contribution >= 4 is 35.8 Å². The van der Waals surface area contributed by atoms with Crippen LogP contribution in [-0.2, 0) is 17.6 Å². The number of carbonyl (C=O) groups excluding carboxylic acids is 1. The van der Waals surface area contributed by atoms with Gasteiger partial charge in [-0.15, -0.1) is 24.0 Å². The van der Waals surface area contributed by atoms with Gasteiger partial charge in [-0.3, -0.25) is 9.79 Å². The van der Waals surface area contributed by atoms with E-state index in [-0.39, 0.29) is 42.1 Å². The molecule has 0 atom stereocenters. The maximum atomic E-state index is 12.8. The van der Waals surface area contributed by atoms with Crippen LogP contribution in [0.4, 0.5) is 4.39 Å². The quantitative estimate of drug-likeness (QED) is 0.220. The van der Waals surface area contributed by atoms with Crippen molar-refractivity contribution in [1.29, 1.82) is 0 Å². The van der Waals surface area contributed by atoms with Crippen molar-refractivity contribution in [3.05, 3.63) is 59.8 Å². The van der Waals surface area contributed by atoms with Gasteiger partial charge < -0.3 is 20.4 Å². The largest absolute Gasteiger partial charge is 0.469 e.